The maximum Gasteiger partial charge on any atom is 0.246 e. The number of hydrogen-bond donors (Lipinski definition) is 3. The van der Waals surface area contributed by atoms with E-state index in [1.165, 1.54) is 7.05 Å². The Kier molecular flexibility index (Phi) is 4.87. The van der Waals surface area contributed by atoms with E-state index in [9.17, 15) is 13.2 Å². The molecule has 0 saturated carbocycles. The highest BCUT2D eigenvalue weighted by Gasteiger charge is 2.32. The molecule has 1 saturated heterocycles. The molecule has 0 bridgehead atoms. The molecule has 17 heavy (non-hydrogen) atoms. The fourth-order valence-corrected chi connectivity index (χ4v) is 1.87. The van der Waals surface area contributed by atoms with Gasteiger partial charge in [-0.25, -0.2) is 13.1 Å². The number of sulfonamides is 1. The van der Waals surface area contributed by atoms with Gasteiger partial charge in [0.05, 0.1) is 11.4 Å². The molecule has 1 aliphatic rings. The van der Waals surface area contributed by atoms with E-state index in [-0.39, 0.29) is 30.4 Å². The maximum atomic E-state index is 11.3. The van der Waals surface area contributed by atoms with Crippen LogP contribution in [0.25, 0.3) is 0 Å². The predicted octanol–water partition coefficient (Wildman–Crippen LogP) is -1.97. The van der Waals surface area contributed by atoms with E-state index in [0.717, 1.165) is 13.1 Å². The van der Waals surface area contributed by atoms with Gasteiger partial charge in [0.15, 0.2) is 0 Å². The fraction of sp³-hybridized carbons (Fsp3) is 0.889. The van der Waals surface area contributed by atoms with E-state index in [2.05, 4.69) is 15.4 Å². The number of rotatable bonds is 7. The lowest BCUT2D eigenvalue weighted by atomic mass is 10.0. The molecule has 7 nitrogen and oxygen atoms in total. The minimum atomic E-state index is -3.27. The summed E-state index contributed by atoms with van der Waals surface area (Å²) in [6.45, 7) is 3.42. The van der Waals surface area contributed by atoms with E-state index in [4.69, 9.17) is 4.74 Å². The van der Waals surface area contributed by atoms with Crippen molar-refractivity contribution in [1.29, 1.82) is 0 Å². The van der Waals surface area contributed by atoms with Crippen LogP contribution in [0.5, 0.6) is 0 Å². The van der Waals surface area contributed by atoms with Gasteiger partial charge in [-0.2, -0.15) is 0 Å². The molecule has 1 fully saturated rings. The first-order chi connectivity index (χ1) is 7.87. The van der Waals surface area contributed by atoms with Crippen molar-refractivity contribution in [3.63, 3.8) is 0 Å². The first kappa shape index (κ1) is 14.4. The van der Waals surface area contributed by atoms with Crippen LogP contribution in [0.15, 0.2) is 0 Å². The summed E-state index contributed by atoms with van der Waals surface area (Å²) in [6, 6.07) is 0. The third kappa shape index (κ3) is 4.99. The van der Waals surface area contributed by atoms with Gasteiger partial charge in [0.25, 0.3) is 0 Å². The third-order valence-corrected chi connectivity index (χ3v) is 3.92. The predicted molar refractivity (Wildman–Crippen MR) is 63.1 cm³/mol. The van der Waals surface area contributed by atoms with Gasteiger partial charge in [-0.3, -0.25) is 4.79 Å². The quantitative estimate of drug-likeness (QED) is 0.496. The van der Waals surface area contributed by atoms with Crippen LogP contribution in [0.3, 0.4) is 0 Å². The van der Waals surface area contributed by atoms with Crippen LogP contribution in [0.1, 0.15) is 6.92 Å². The van der Waals surface area contributed by atoms with Gasteiger partial charge < -0.3 is 15.4 Å². The zero-order valence-corrected chi connectivity index (χ0v) is 10.9. The topological polar surface area (TPSA) is 96.5 Å². The number of carbonyl (C=O) groups excluding carboxylic acids is 1. The maximum absolute atomic E-state index is 11.3. The molecule has 0 unspecified atom stereocenters. The second-order valence-corrected chi connectivity index (χ2v) is 6.26. The summed E-state index contributed by atoms with van der Waals surface area (Å²) in [6.07, 6.45) is 0. The Balaban J connectivity index is 2.13. The molecule has 0 aromatic heterocycles. The van der Waals surface area contributed by atoms with Crippen LogP contribution in [0.2, 0.25) is 0 Å². The Morgan fingerprint density at radius 1 is 1.47 bits per heavy atom. The number of hydrogen-bond acceptors (Lipinski definition) is 5. The minimum Gasteiger partial charge on any atom is -0.363 e. The minimum absolute atomic E-state index is 0.0439. The summed E-state index contributed by atoms with van der Waals surface area (Å²) in [7, 11) is -1.93. The summed E-state index contributed by atoms with van der Waals surface area (Å²) in [5.41, 5.74) is -0.269. The lowest BCUT2D eigenvalue weighted by molar-refractivity contribution is -0.135. The standard InChI is InChI=1S/C9H19N3O4S/c1-9(6-11-7-9)16-5-8(13)12-3-4-17(14,15)10-2/h10-11H,3-7H2,1-2H3,(H,12,13). The van der Waals surface area contributed by atoms with Crippen LogP contribution in [-0.2, 0) is 19.6 Å². The molecule has 0 aromatic carbocycles. The first-order valence-electron chi connectivity index (χ1n) is 5.39. The van der Waals surface area contributed by atoms with Crippen molar-refractivity contribution in [2.45, 2.75) is 12.5 Å². The molecule has 100 valence electrons. The normalized spacial score (nSPS) is 18.5. The van der Waals surface area contributed by atoms with Gasteiger partial charge in [0.1, 0.15) is 6.61 Å². The first-order valence-corrected chi connectivity index (χ1v) is 7.05. The largest absolute Gasteiger partial charge is 0.363 e. The average Bonchev–Trinajstić information content (AvgIpc) is 2.23. The molecule has 0 aromatic rings. The van der Waals surface area contributed by atoms with E-state index >= 15 is 0 Å². The number of ether oxygens (including phenoxy) is 1. The lowest BCUT2D eigenvalue weighted by Gasteiger charge is -2.38. The molecule has 1 aliphatic heterocycles. The van der Waals surface area contributed by atoms with E-state index in [0.29, 0.717) is 0 Å². The molecule has 0 atom stereocenters. The smallest absolute Gasteiger partial charge is 0.246 e. The SMILES string of the molecule is CNS(=O)(=O)CCNC(=O)COC1(C)CNC1. The van der Waals surface area contributed by atoms with Crippen LogP contribution >= 0.6 is 0 Å². The molecule has 0 aliphatic carbocycles. The summed E-state index contributed by atoms with van der Waals surface area (Å²) < 4.78 is 29.7. The molecule has 1 heterocycles. The highest BCUT2D eigenvalue weighted by Crippen LogP contribution is 2.14. The molecule has 1 rings (SSSR count). The molecular weight excluding hydrogens is 246 g/mol. The summed E-state index contributed by atoms with van der Waals surface area (Å²) >= 11 is 0. The number of nitrogens with one attached hydrogen (secondary N) is 3. The van der Waals surface area contributed by atoms with Gasteiger partial charge in [-0.1, -0.05) is 0 Å². The second kappa shape index (κ2) is 5.76. The zero-order chi connectivity index (χ0) is 12.9. The Bertz CT molecular complexity index is 364. The number of amides is 1. The van der Waals surface area contributed by atoms with E-state index < -0.39 is 10.0 Å². The van der Waals surface area contributed by atoms with Gasteiger partial charge in [0, 0.05) is 19.6 Å². The average molecular weight is 265 g/mol. The molecule has 3 N–H and O–H groups in total. The van der Waals surface area contributed by atoms with Crippen molar-refractivity contribution in [2.24, 2.45) is 0 Å². The Labute approximate surface area is 101 Å². The van der Waals surface area contributed by atoms with Crippen molar-refractivity contribution in [1.82, 2.24) is 15.4 Å². The summed E-state index contributed by atoms with van der Waals surface area (Å²) in [5.74, 6) is -0.432. The van der Waals surface area contributed by atoms with Crippen LogP contribution in [0.4, 0.5) is 0 Å². The monoisotopic (exact) mass is 265 g/mol. The summed E-state index contributed by atoms with van der Waals surface area (Å²) in [4.78, 5) is 11.3. The molecular formula is C9H19N3O4S. The van der Waals surface area contributed by atoms with Crippen molar-refractivity contribution in [3.8, 4) is 0 Å². The second-order valence-electron chi connectivity index (χ2n) is 4.22. The Hall–Kier alpha value is -0.700. The summed E-state index contributed by atoms with van der Waals surface area (Å²) in [5, 5.41) is 5.54. The van der Waals surface area contributed by atoms with Crippen LogP contribution < -0.4 is 15.4 Å². The van der Waals surface area contributed by atoms with E-state index in [1.54, 1.807) is 0 Å². The van der Waals surface area contributed by atoms with Gasteiger partial charge >= 0.3 is 0 Å². The van der Waals surface area contributed by atoms with Crippen LogP contribution in [-0.4, -0.2) is 59.0 Å². The molecule has 8 heteroatoms. The fourth-order valence-electron chi connectivity index (χ4n) is 1.30. The Morgan fingerprint density at radius 3 is 2.59 bits per heavy atom. The van der Waals surface area contributed by atoms with Crippen molar-refractivity contribution >= 4 is 15.9 Å². The molecule has 0 radical (unpaired) electrons. The van der Waals surface area contributed by atoms with Gasteiger partial charge in [0.2, 0.25) is 15.9 Å². The highest BCUT2D eigenvalue weighted by molar-refractivity contribution is 7.89. The third-order valence-electron chi connectivity index (χ3n) is 2.55. The highest BCUT2D eigenvalue weighted by atomic mass is 32.2. The van der Waals surface area contributed by atoms with Crippen molar-refractivity contribution < 1.29 is 17.9 Å². The van der Waals surface area contributed by atoms with Crippen molar-refractivity contribution in [2.75, 3.05) is 39.0 Å². The van der Waals surface area contributed by atoms with Gasteiger partial charge in [-0.05, 0) is 14.0 Å². The molecule has 1 amide bonds. The number of carbonyl (C=O) groups is 1. The lowest BCUT2D eigenvalue weighted by Crippen LogP contribution is -2.59. The molecule has 0 spiro atoms. The van der Waals surface area contributed by atoms with Gasteiger partial charge in [-0.15, -0.1) is 0 Å². The Morgan fingerprint density at radius 2 is 2.12 bits per heavy atom. The van der Waals surface area contributed by atoms with E-state index in [1.807, 2.05) is 6.92 Å². The zero-order valence-electron chi connectivity index (χ0n) is 10.1. The van der Waals surface area contributed by atoms with Crippen LogP contribution in [0, 0.1) is 0 Å². The van der Waals surface area contributed by atoms with Crippen molar-refractivity contribution in [3.05, 3.63) is 0 Å².